The van der Waals surface area contributed by atoms with Crippen LogP contribution in [0.15, 0.2) is 0 Å². The van der Waals surface area contributed by atoms with Gasteiger partial charge in [-0.05, 0) is 39.5 Å². The molecule has 1 aliphatic heterocycles. The summed E-state index contributed by atoms with van der Waals surface area (Å²) < 4.78 is 5.93. The molecule has 2 rings (SSSR count). The Morgan fingerprint density at radius 3 is 2.47 bits per heavy atom. The maximum atomic E-state index is 10.3. The van der Waals surface area contributed by atoms with Crippen molar-refractivity contribution in [3.63, 3.8) is 0 Å². The van der Waals surface area contributed by atoms with E-state index in [0.29, 0.717) is 6.10 Å². The predicted molar refractivity (Wildman–Crippen MR) is 69.1 cm³/mol. The van der Waals surface area contributed by atoms with Crippen molar-refractivity contribution >= 4 is 0 Å². The normalized spacial score (nSPS) is 31.6. The first-order valence-electron chi connectivity index (χ1n) is 7.10. The van der Waals surface area contributed by atoms with Crippen LogP contribution < -0.4 is 5.32 Å². The molecule has 1 heterocycles. The first-order chi connectivity index (χ1) is 7.99. The van der Waals surface area contributed by atoms with Gasteiger partial charge in [-0.15, -0.1) is 0 Å². The fraction of sp³-hybridized carbons (Fsp3) is 1.00. The van der Waals surface area contributed by atoms with E-state index in [-0.39, 0.29) is 5.60 Å². The van der Waals surface area contributed by atoms with Gasteiger partial charge in [0.2, 0.25) is 0 Å². The molecular formula is C14H27NO2. The molecule has 1 aliphatic carbocycles. The highest BCUT2D eigenvalue weighted by atomic mass is 16.5. The topological polar surface area (TPSA) is 41.5 Å². The zero-order valence-corrected chi connectivity index (χ0v) is 11.3. The van der Waals surface area contributed by atoms with Crippen LogP contribution >= 0.6 is 0 Å². The molecular weight excluding hydrogens is 214 g/mol. The average molecular weight is 241 g/mol. The first-order valence-corrected chi connectivity index (χ1v) is 7.10. The molecule has 0 aromatic rings. The van der Waals surface area contributed by atoms with Crippen molar-refractivity contribution in [3.05, 3.63) is 0 Å². The van der Waals surface area contributed by atoms with Gasteiger partial charge in [0.25, 0.3) is 0 Å². The summed E-state index contributed by atoms with van der Waals surface area (Å²) in [5, 5.41) is 13.7. The van der Waals surface area contributed by atoms with Gasteiger partial charge < -0.3 is 15.2 Å². The van der Waals surface area contributed by atoms with E-state index in [1.165, 1.54) is 19.3 Å². The van der Waals surface area contributed by atoms with Crippen molar-refractivity contribution < 1.29 is 9.84 Å². The van der Waals surface area contributed by atoms with Gasteiger partial charge in [0, 0.05) is 13.1 Å². The van der Waals surface area contributed by atoms with E-state index in [2.05, 4.69) is 19.2 Å². The van der Waals surface area contributed by atoms with Gasteiger partial charge in [0.15, 0.2) is 0 Å². The average Bonchev–Trinajstić information content (AvgIpc) is 2.59. The van der Waals surface area contributed by atoms with E-state index in [1.54, 1.807) is 0 Å². The highest BCUT2D eigenvalue weighted by Gasteiger charge is 2.32. The second-order valence-electron chi connectivity index (χ2n) is 6.45. The molecule has 3 heteroatoms. The number of hydrogen-bond acceptors (Lipinski definition) is 3. The maximum absolute atomic E-state index is 10.3. The van der Waals surface area contributed by atoms with E-state index in [1.807, 2.05) is 0 Å². The Morgan fingerprint density at radius 1 is 1.18 bits per heavy atom. The Hall–Kier alpha value is -0.120. The predicted octanol–water partition coefficient (Wildman–Crippen LogP) is 2.23. The Morgan fingerprint density at radius 2 is 1.88 bits per heavy atom. The third kappa shape index (κ3) is 3.94. The van der Waals surface area contributed by atoms with Crippen LogP contribution in [-0.2, 0) is 4.74 Å². The zero-order chi connectivity index (χ0) is 12.4. The van der Waals surface area contributed by atoms with Crippen LogP contribution in [-0.4, -0.2) is 35.5 Å². The third-order valence-electron chi connectivity index (χ3n) is 4.16. The SMILES string of the molecule is CC1(C)CCC(CNCC2(O)CCCCC2)O1. The minimum atomic E-state index is -0.452. The lowest BCUT2D eigenvalue weighted by Gasteiger charge is -2.32. The number of nitrogens with one attached hydrogen (secondary N) is 1. The zero-order valence-electron chi connectivity index (χ0n) is 11.3. The molecule has 0 aromatic carbocycles. The minimum Gasteiger partial charge on any atom is -0.389 e. The van der Waals surface area contributed by atoms with Crippen molar-refractivity contribution in [2.45, 2.75) is 76.1 Å². The minimum absolute atomic E-state index is 0.0497. The van der Waals surface area contributed by atoms with Crippen LogP contribution in [0.1, 0.15) is 58.8 Å². The second-order valence-corrected chi connectivity index (χ2v) is 6.45. The molecule has 2 aliphatic rings. The Kier molecular flexibility index (Phi) is 4.11. The molecule has 2 N–H and O–H groups in total. The maximum Gasteiger partial charge on any atom is 0.0771 e. The van der Waals surface area contributed by atoms with Crippen LogP contribution in [0.3, 0.4) is 0 Å². The second kappa shape index (κ2) is 5.25. The van der Waals surface area contributed by atoms with Gasteiger partial charge in [-0.2, -0.15) is 0 Å². The Bertz CT molecular complexity index is 247. The number of ether oxygens (including phenoxy) is 1. The highest BCUT2D eigenvalue weighted by Crippen LogP contribution is 2.30. The summed E-state index contributed by atoms with van der Waals surface area (Å²) in [7, 11) is 0. The van der Waals surface area contributed by atoms with E-state index in [4.69, 9.17) is 4.74 Å². The van der Waals surface area contributed by atoms with Crippen LogP contribution in [0.25, 0.3) is 0 Å². The summed E-state index contributed by atoms with van der Waals surface area (Å²) in [6.45, 7) is 5.92. The van der Waals surface area contributed by atoms with Crippen LogP contribution in [0.2, 0.25) is 0 Å². The van der Waals surface area contributed by atoms with Crippen molar-refractivity contribution in [2.24, 2.45) is 0 Å². The molecule has 1 saturated heterocycles. The smallest absolute Gasteiger partial charge is 0.0771 e. The number of rotatable bonds is 4. The lowest BCUT2D eigenvalue weighted by molar-refractivity contribution is -0.0229. The lowest BCUT2D eigenvalue weighted by Crippen LogP contribution is -2.44. The van der Waals surface area contributed by atoms with Gasteiger partial charge in [0.05, 0.1) is 17.3 Å². The van der Waals surface area contributed by atoms with Gasteiger partial charge in [-0.25, -0.2) is 0 Å². The summed E-state index contributed by atoms with van der Waals surface area (Å²) in [4.78, 5) is 0. The van der Waals surface area contributed by atoms with Gasteiger partial charge in [0.1, 0.15) is 0 Å². The fourth-order valence-corrected chi connectivity index (χ4v) is 3.07. The molecule has 1 unspecified atom stereocenters. The van der Waals surface area contributed by atoms with Gasteiger partial charge >= 0.3 is 0 Å². The van der Waals surface area contributed by atoms with Crippen LogP contribution in [0.4, 0.5) is 0 Å². The van der Waals surface area contributed by atoms with Crippen molar-refractivity contribution in [1.82, 2.24) is 5.32 Å². The highest BCUT2D eigenvalue weighted by molar-refractivity contribution is 4.86. The summed E-state index contributed by atoms with van der Waals surface area (Å²) >= 11 is 0. The molecule has 1 atom stereocenters. The standard InChI is InChI=1S/C14H27NO2/c1-13(2)9-6-12(17-13)10-15-11-14(16)7-4-3-5-8-14/h12,15-16H,3-11H2,1-2H3. The van der Waals surface area contributed by atoms with Gasteiger partial charge in [-0.1, -0.05) is 19.3 Å². The Labute approximate surface area is 105 Å². The lowest BCUT2D eigenvalue weighted by atomic mass is 9.85. The summed E-state index contributed by atoms with van der Waals surface area (Å²) in [6, 6.07) is 0. The Balaban J connectivity index is 1.66. The number of hydrogen-bond donors (Lipinski definition) is 2. The largest absolute Gasteiger partial charge is 0.389 e. The molecule has 1 saturated carbocycles. The molecule has 3 nitrogen and oxygen atoms in total. The monoisotopic (exact) mass is 241 g/mol. The van der Waals surface area contributed by atoms with E-state index >= 15 is 0 Å². The van der Waals surface area contributed by atoms with Crippen LogP contribution in [0.5, 0.6) is 0 Å². The molecule has 100 valence electrons. The third-order valence-corrected chi connectivity index (χ3v) is 4.16. The van der Waals surface area contributed by atoms with Crippen molar-refractivity contribution in [3.8, 4) is 0 Å². The molecule has 0 amide bonds. The quantitative estimate of drug-likeness (QED) is 0.793. The molecule has 0 aromatic heterocycles. The van der Waals surface area contributed by atoms with E-state index < -0.39 is 5.60 Å². The molecule has 2 fully saturated rings. The summed E-state index contributed by atoms with van der Waals surface area (Å²) in [5.74, 6) is 0. The molecule has 0 bridgehead atoms. The number of aliphatic hydroxyl groups is 1. The first kappa shape index (κ1) is 13.3. The fourth-order valence-electron chi connectivity index (χ4n) is 3.07. The summed E-state index contributed by atoms with van der Waals surface area (Å²) in [6.07, 6.45) is 8.14. The summed E-state index contributed by atoms with van der Waals surface area (Å²) in [5.41, 5.74) is -0.402. The molecule has 0 radical (unpaired) electrons. The van der Waals surface area contributed by atoms with E-state index in [9.17, 15) is 5.11 Å². The van der Waals surface area contributed by atoms with Gasteiger partial charge in [-0.3, -0.25) is 0 Å². The molecule has 17 heavy (non-hydrogen) atoms. The van der Waals surface area contributed by atoms with Crippen LogP contribution in [0, 0.1) is 0 Å². The molecule has 0 spiro atoms. The van der Waals surface area contributed by atoms with Crippen molar-refractivity contribution in [2.75, 3.05) is 13.1 Å². The van der Waals surface area contributed by atoms with Crippen molar-refractivity contribution in [1.29, 1.82) is 0 Å². The van der Waals surface area contributed by atoms with E-state index in [0.717, 1.165) is 38.8 Å².